The molecule has 0 nitrogen and oxygen atoms in total. The molecule has 3 aliphatic rings. The predicted octanol–water partition coefficient (Wildman–Crippen LogP) is 17.4. The zero-order valence-corrected chi connectivity index (χ0v) is 39.4. The van der Waals surface area contributed by atoms with Gasteiger partial charge >= 0.3 is 0 Å². The summed E-state index contributed by atoms with van der Waals surface area (Å²) in [6.07, 6.45) is 0. The van der Waals surface area contributed by atoms with E-state index in [-0.39, 0.29) is 27.1 Å². The molecule has 312 valence electrons. The summed E-state index contributed by atoms with van der Waals surface area (Å²) in [5, 5.41) is 2.59. The largest absolute Gasteiger partial charge is 0.0579 e. The van der Waals surface area contributed by atoms with Crippen molar-refractivity contribution in [1.29, 1.82) is 0 Å². The van der Waals surface area contributed by atoms with Gasteiger partial charge in [0, 0.05) is 16.2 Å². The van der Waals surface area contributed by atoms with Gasteiger partial charge in [-0.25, -0.2) is 0 Å². The fourth-order valence-electron chi connectivity index (χ4n) is 11.5. The molecule has 0 fully saturated rings. The normalized spacial score (nSPS) is 16.0. The second kappa shape index (κ2) is 13.0. The van der Waals surface area contributed by atoms with Crippen molar-refractivity contribution >= 4 is 10.8 Å². The van der Waals surface area contributed by atoms with E-state index < -0.39 is 0 Å². The Morgan fingerprint density at radius 2 is 0.492 bits per heavy atom. The van der Waals surface area contributed by atoms with E-state index in [0.29, 0.717) is 0 Å². The molecular formula is C63H60. The fraction of sp³-hybridized carbons (Fsp3) is 0.270. The van der Waals surface area contributed by atoms with Crippen molar-refractivity contribution in [2.45, 2.75) is 110 Å². The maximum Gasteiger partial charge on any atom is 0.0159 e. The molecule has 0 bridgehead atoms. The van der Waals surface area contributed by atoms with Gasteiger partial charge < -0.3 is 0 Å². The van der Waals surface area contributed by atoms with Gasteiger partial charge in [0.1, 0.15) is 0 Å². The van der Waals surface area contributed by atoms with E-state index >= 15 is 0 Å². The summed E-state index contributed by atoms with van der Waals surface area (Å²) >= 11 is 0. The Labute approximate surface area is 376 Å². The molecule has 0 amide bonds. The Morgan fingerprint density at radius 1 is 0.254 bits per heavy atom. The van der Waals surface area contributed by atoms with Crippen molar-refractivity contribution in [3.05, 3.63) is 190 Å². The zero-order chi connectivity index (χ0) is 44.2. The van der Waals surface area contributed by atoms with Crippen molar-refractivity contribution in [2.75, 3.05) is 0 Å². The first-order valence-electron chi connectivity index (χ1n) is 23.2. The third-order valence-electron chi connectivity index (χ3n) is 15.6. The quantitative estimate of drug-likeness (QED) is 0.167. The molecule has 0 saturated carbocycles. The van der Waals surface area contributed by atoms with Crippen LogP contribution in [0.1, 0.15) is 128 Å². The van der Waals surface area contributed by atoms with Crippen LogP contribution in [-0.2, 0) is 27.1 Å². The van der Waals surface area contributed by atoms with Crippen molar-refractivity contribution in [1.82, 2.24) is 0 Å². The Kier molecular flexibility index (Phi) is 8.25. The first-order valence-corrected chi connectivity index (χ1v) is 23.2. The number of fused-ring (bicyclic) bond motifs is 10. The van der Waals surface area contributed by atoms with Crippen LogP contribution in [0.25, 0.3) is 77.5 Å². The van der Waals surface area contributed by atoms with Gasteiger partial charge in [0.2, 0.25) is 0 Å². The molecule has 8 aromatic rings. The molecule has 0 spiro atoms. The van der Waals surface area contributed by atoms with Gasteiger partial charge in [-0.1, -0.05) is 192 Å². The van der Waals surface area contributed by atoms with Gasteiger partial charge in [0.25, 0.3) is 0 Å². The summed E-state index contributed by atoms with van der Waals surface area (Å²) in [4.78, 5) is 0. The SMILES string of the molecule is CC(C)(C)c1ccc2c(c1)C(C)(C)c1cc(-c3ccc4c(c3)C(C)(C)c3cc(-c5ccc6c(c5)C(C)(C)c5cc(-c7ccc8cc(C(C)(C)C)ccc8c7)ccc5-6)ccc3-4)ccc1-2. The van der Waals surface area contributed by atoms with Crippen LogP contribution in [0.4, 0.5) is 0 Å². The Balaban J connectivity index is 0.891. The summed E-state index contributed by atoms with van der Waals surface area (Å²) in [6, 6.07) is 57.0. The lowest BCUT2D eigenvalue weighted by Gasteiger charge is -2.25. The van der Waals surface area contributed by atoms with Crippen LogP contribution >= 0.6 is 0 Å². The first-order chi connectivity index (χ1) is 29.7. The maximum atomic E-state index is 2.48. The fourth-order valence-corrected chi connectivity index (χ4v) is 11.5. The van der Waals surface area contributed by atoms with Gasteiger partial charge in [-0.3, -0.25) is 0 Å². The second-order valence-electron chi connectivity index (χ2n) is 22.7. The van der Waals surface area contributed by atoms with Crippen molar-refractivity contribution in [2.24, 2.45) is 0 Å². The molecule has 0 aliphatic heterocycles. The van der Waals surface area contributed by atoms with Crippen LogP contribution in [0.3, 0.4) is 0 Å². The molecule has 0 radical (unpaired) electrons. The standard InChI is InChI=1S/C63H60/c1-59(2,3)45-21-15-38-29-37(13-14-39(38)30-45)40-16-23-47-48-24-17-41(32-54(48)61(7,8)53(47)31-40)42-18-25-49-50-26-19-43(34-56(50)62(9,10)55(49)33-42)44-20-27-51-52-28-22-46(60(4,5)6)36-58(52)63(11,12)57(51)35-44/h13-36H,1-12H3. The number of hydrogen-bond donors (Lipinski definition) is 0. The highest BCUT2D eigenvalue weighted by molar-refractivity contribution is 5.92. The lowest BCUT2D eigenvalue weighted by atomic mass is 9.78. The monoisotopic (exact) mass is 816 g/mol. The van der Waals surface area contributed by atoms with Crippen LogP contribution in [0.2, 0.25) is 0 Å². The summed E-state index contributed by atoms with van der Waals surface area (Å²) in [7, 11) is 0. The summed E-state index contributed by atoms with van der Waals surface area (Å²) < 4.78 is 0. The van der Waals surface area contributed by atoms with Crippen molar-refractivity contribution < 1.29 is 0 Å². The molecule has 0 heteroatoms. The topological polar surface area (TPSA) is 0 Å². The maximum absolute atomic E-state index is 2.48. The third kappa shape index (κ3) is 5.93. The highest BCUT2D eigenvalue weighted by Gasteiger charge is 2.39. The van der Waals surface area contributed by atoms with E-state index in [1.807, 2.05) is 0 Å². The van der Waals surface area contributed by atoms with E-state index in [2.05, 4.69) is 229 Å². The molecule has 0 unspecified atom stereocenters. The number of benzene rings is 8. The van der Waals surface area contributed by atoms with Gasteiger partial charge in [-0.05, 0) is 169 Å². The molecule has 63 heavy (non-hydrogen) atoms. The van der Waals surface area contributed by atoms with Crippen LogP contribution in [0.15, 0.2) is 146 Å². The van der Waals surface area contributed by atoms with Gasteiger partial charge in [-0.2, -0.15) is 0 Å². The smallest absolute Gasteiger partial charge is 0.0159 e. The van der Waals surface area contributed by atoms with E-state index in [1.54, 1.807) is 0 Å². The first kappa shape index (κ1) is 39.8. The summed E-state index contributed by atoms with van der Waals surface area (Å²) in [5.41, 5.74) is 27.1. The molecule has 0 atom stereocenters. The Bertz CT molecular complexity index is 3250. The molecule has 3 aliphatic carbocycles. The van der Waals surface area contributed by atoms with Crippen molar-refractivity contribution in [3.63, 3.8) is 0 Å². The molecule has 0 heterocycles. The minimum absolute atomic E-state index is 0.0574. The minimum Gasteiger partial charge on any atom is -0.0579 e. The number of rotatable bonds is 3. The van der Waals surface area contributed by atoms with Crippen LogP contribution < -0.4 is 0 Å². The molecular weight excluding hydrogens is 757 g/mol. The van der Waals surface area contributed by atoms with E-state index in [1.165, 1.54) is 122 Å². The predicted molar refractivity (Wildman–Crippen MR) is 270 cm³/mol. The van der Waals surface area contributed by atoms with Gasteiger partial charge in [-0.15, -0.1) is 0 Å². The Hall–Kier alpha value is -5.98. The zero-order valence-electron chi connectivity index (χ0n) is 39.4. The van der Waals surface area contributed by atoms with E-state index in [4.69, 9.17) is 0 Å². The highest BCUT2D eigenvalue weighted by atomic mass is 14.4. The van der Waals surface area contributed by atoms with Gasteiger partial charge in [0.05, 0.1) is 0 Å². The third-order valence-corrected chi connectivity index (χ3v) is 15.6. The van der Waals surface area contributed by atoms with Crippen LogP contribution in [0, 0.1) is 0 Å². The molecule has 0 aromatic heterocycles. The van der Waals surface area contributed by atoms with E-state index in [0.717, 1.165) is 0 Å². The molecule has 11 rings (SSSR count). The number of hydrogen-bond acceptors (Lipinski definition) is 0. The molecule has 0 N–H and O–H groups in total. The lowest BCUT2D eigenvalue weighted by Crippen LogP contribution is -2.17. The second-order valence-corrected chi connectivity index (χ2v) is 22.7. The molecule has 8 aromatic carbocycles. The average molecular weight is 817 g/mol. The van der Waals surface area contributed by atoms with Gasteiger partial charge in [0.15, 0.2) is 0 Å². The molecule has 0 saturated heterocycles. The van der Waals surface area contributed by atoms with Crippen molar-refractivity contribution in [3.8, 4) is 66.8 Å². The Morgan fingerprint density at radius 3 is 0.841 bits per heavy atom. The van der Waals surface area contributed by atoms with Crippen LogP contribution in [0.5, 0.6) is 0 Å². The highest BCUT2D eigenvalue weighted by Crippen LogP contribution is 2.55. The summed E-state index contributed by atoms with van der Waals surface area (Å²) in [5.74, 6) is 0. The summed E-state index contributed by atoms with van der Waals surface area (Å²) in [6.45, 7) is 28.2. The van der Waals surface area contributed by atoms with E-state index in [9.17, 15) is 0 Å². The minimum atomic E-state index is -0.132. The average Bonchev–Trinajstić information content (AvgIpc) is 3.73. The lowest BCUT2D eigenvalue weighted by molar-refractivity contribution is 0.584. The van der Waals surface area contributed by atoms with Crippen LogP contribution in [-0.4, -0.2) is 0 Å².